The maximum Gasteiger partial charge on any atom is 0.307 e. The van der Waals surface area contributed by atoms with E-state index >= 15 is 0 Å². The molecule has 0 aliphatic rings. The van der Waals surface area contributed by atoms with Crippen molar-refractivity contribution in [2.24, 2.45) is 0 Å². The van der Waals surface area contributed by atoms with Gasteiger partial charge in [-0.25, -0.2) is 0 Å². The van der Waals surface area contributed by atoms with Crippen molar-refractivity contribution in [2.75, 3.05) is 26.2 Å². The summed E-state index contributed by atoms with van der Waals surface area (Å²) in [5.74, 6) is -0.125. The third-order valence-electron chi connectivity index (χ3n) is 3.25. The quantitative estimate of drug-likeness (QED) is 0.627. The minimum atomic E-state index is -0.382. The number of nitrogens with zero attached hydrogens (tertiary/aromatic N) is 1. The van der Waals surface area contributed by atoms with Crippen LogP contribution in [0, 0.1) is 0 Å². The molecule has 4 heteroatoms. The van der Waals surface area contributed by atoms with E-state index < -0.39 is 0 Å². The van der Waals surface area contributed by atoms with Crippen LogP contribution in [0.3, 0.4) is 0 Å². The fourth-order valence-corrected chi connectivity index (χ4v) is 2.08. The van der Waals surface area contributed by atoms with Crippen LogP contribution in [0.4, 0.5) is 0 Å². The summed E-state index contributed by atoms with van der Waals surface area (Å²) < 4.78 is 5.28. The van der Waals surface area contributed by atoms with Gasteiger partial charge >= 0.3 is 5.97 Å². The monoisotopic (exact) mass is 286 g/mol. The zero-order chi connectivity index (χ0) is 15.6. The zero-order valence-electron chi connectivity index (χ0n) is 14.3. The molecule has 0 rings (SSSR count). The smallest absolute Gasteiger partial charge is 0.307 e. The van der Waals surface area contributed by atoms with E-state index in [4.69, 9.17) is 4.74 Å². The van der Waals surface area contributed by atoms with E-state index in [2.05, 4.69) is 31.0 Å². The molecule has 0 aromatic heterocycles. The van der Waals surface area contributed by atoms with Gasteiger partial charge in [0.15, 0.2) is 0 Å². The average molecular weight is 286 g/mol. The third-order valence-corrected chi connectivity index (χ3v) is 3.25. The summed E-state index contributed by atoms with van der Waals surface area (Å²) in [6.45, 7) is 16.4. The van der Waals surface area contributed by atoms with E-state index in [1.54, 1.807) is 0 Å². The van der Waals surface area contributed by atoms with Crippen LogP contribution in [0.15, 0.2) is 0 Å². The Morgan fingerprint density at radius 3 is 2.35 bits per heavy atom. The van der Waals surface area contributed by atoms with E-state index in [9.17, 15) is 4.79 Å². The number of carbonyl (C=O) groups is 1. The predicted molar refractivity (Wildman–Crippen MR) is 84.9 cm³/mol. The van der Waals surface area contributed by atoms with Crippen LogP contribution in [0.2, 0.25) is 0 Å². The molecule has 0 heterocycles. The van der Waals surface area contributed by atoms with Gasteiger partial charge in [-0.3, -0.25) is 4.79 Å². The Bertz CT molecular complexity index is 258. The van der Waals surface area contributed by atoms with Crippen LogP contribution in [0.25, 0.3) is 0 Å². The van der Waals surface area contributed by atoms with Gasteiger partial charge in [-0.1, -0.05) is 13.8 Å². The molecule has 0 aromatic rings. The molecule has 1 atom stereocenters. The minimum Gasteiger partial charge on any atom is -0.460 e. The topological polar surface area (TPSA) is 41.6 Å². The second-order valence-corrected chi connectivity index (χ2v) is 6.36. The van der Waals surface area contributed by atoms with Gasteiger partial charge in [0.05, 0.1) is 6.42 Å². The molecule has 120 valence electrons. The van der Waals surface area contributed by atoms with E-state index in [-0.39, 0.29) is 11.6 Å². The van der Waals surface area contributed by atoms with Gasteiger partial charge in [-0.15, -0.1) is 0 Å². The molecule has 0 aliphatic heterocycles. The lowest BCUT2D eigenvalue weighted by molar-refractivity contribution is -0.154. The van der Waals surface area contributed by atoms with Gasteiger partial charge < -0.3 is 15.0 Å². The Balaban J connectivity index is 3.63. The molecule has 0 spiro atoms. The summed E-state index contributed by atoms with van der Waals surface area (Å²) in [4.78, 5) is 14.0. The molecule has 20 heavy (non-hydrogen) atoms. The van der Waals surface area contributed by atoms with Gasteiger partial charge in [0.2, 0.25) is 0 Å². The number of ether oxygens (including phenoxy) is 1. The SMILES string of the molecule is CCN(CC)CCCC(C)NCCC(=O)OC(C)(C)C. The molecule has 0 amide bonds. The van der Waals surface area contributed by atoms with Crippen LogP contribution in [-0.4, -0.2) is 48.7 Å². The molecule has 0 aromatic carbocycles. The summed E-state index contributed by atoms with van der Waals surface area (Å²) in [6, 6.07) is 0.452. The highest BCUT2D eigenvalue weighted by molar-refractivity contribution is 5.70. The fourth-order valence-electron chi connectivity index (χ4n) is 2.08. The number of nitrogens with one attached hydrogen (secondary N) is 1. The predicted octanol–water partition coefficient (Wildman–Crippen LogP) is 2.82. The van der Waals surface area contributed by atoms with Crippen molar-refractivity contribution in [3.63, 3.8) is 0 Å². The maximum absolute atomic E-state index is 11.6. The minimum absolute atomic E-state index is 0.125. The normalized spacial score (nSPS) is 13.6. The van der Waals surface area contributed by atoms with E-state index in [1.165, 1.54) is 6.42 Å². The van der Waals surface area contributed by atoms with Crippen molar-refractivity contribution in [1.82, 2.24) is 10.2 Å². The zero-order valence-corrected chi connectivity index (χ0v) is 14.3. The van der Waals surface area contributed by atoms with Crippen molar-refractivity contribution < 1.29 is 9.53 Å². The number of carbonyl (C=O) groups excluding carboxylic acids is 1. The standard InChI is InChI=1S/C16H34N2O2/c1-7-18(8-2)13-9-10-14(3)17-12-11-15(19)20-16(4,5)6/h14,17H,7-13H2,1-6H3. The van der Waals surface area contributed by atoms with Gasteiger partial charge in [-0.05, 0) is 60.2 Å². The Morgan fingerprint density at radius 2 is 1.85 bits per heavy atom. The van der Waals surface area contributed by atoms with Crippen molar-refractivity contribution in [2.45, 2.75) is 72.4 Å². The fraction of sp³-hybridized carbons (Fsp3) is 0.938. The van der Waals surface area contributed by atoms with Crippen LogP contribution in [-0.2, 0) is 9.53 Å². The molecule has 0 saturated heterocycles. The van der Waals surface area contributed by atoms with E-state index in [0.29, 0.717) is 19.0 Å². The summed E-state index contributed by atoms with van der Waals surface area (Å²) in [5.41, 5.74) is -0.382. The van der Waals surface area contributed by atoms with Crippen molar-refractivity contribution >= 4 is 5.97 Å². The molecule has 1 N–H and O–H groups in total. The summed E-state index contributed by atoms with van der Waals surface area (Å²) >= 11 is 0. The summed E-state index contributed by atoms with van der Waals surface area (Å²) in [7, 11) is 0. The Labute approximate surface area is 125 Å². The molecule has 0 radical (unpaired) electrons. The van der Waals surface area contributed by atoms with Crippen molar-refractivity contribution in [1.29, 1.82) is 0 Å². The maximum atomic E-state index is 11.6. The number of esters is 1. The molecular formula is C16H34N2O2. The highest BCUT2D eigenvalue weighted by atomic mass is 16.6. The highest BCUT2D eigenvalue weighted by Gasteiger charge is 2.15. The van der Waals surface area contributed by atoms with Crippen LogP contribution in [0.5, 0.6) is 0 Å². The Kier molecular flexibility index (Phi) is 9.86. The molecule has 1 unspecified atom stereocenters. The lowest BCUT2D eigenvalue weighted by atomic mass is 10.1. The van der Waals surface area contributed by atoms with Crippen LogP contribution < -0.4 is 5.32 Å². The first-order chi connectivity index (χ1) is 9.28. The van der Waals surface area contributed by atoms with E-state index in [0.717, 1.165) is 26.1 Å². The molecular weight excluding hydrogens is 252 g/mol. The highest BCUT2D eigenvalue weighted by Crippen LogP contribution is 2.08. The molecule has 4 nitrogen and oxygen atoms in total. The van der Waals surface area contributed by atoms with Crippen LogP contribution in [0.1, 0.15) is 60.8 Å². The third kappa shape index (κ3) is 11.2. The first-order valence-corrected chi connectivity index (χ1v) is 7.96. The lowest BCUT2D eigenvalue weighted by Crippen LogP contribution is -2.32. The number of hydrogen-bond acceptors (Lipinski definition) is 4. The summed E-state index contributed by atoms with van der Waals surface area (Å²) in [6.07, 6.45) is 2.78. The second kappa shape index (κ2) is 10.2. The largest absolute Gasteiger partial charge is 0.460 e. The first kappa shape index (κ1) is 19.4. The Hall–Kier alpha value is -0.610. The first-order valence-electron chi connectivity index (χ1n) is 7.96. The molecule has 0 aliphatic carbocycles. The van der Waals surface area contributed by atoms with Crippen LogP contribution >= 0.6 is 0 Å². The summed E-state index contributed by atoms with van der Waals surface area (Å²) in [5, 5.41) is 3.39. The van der Waals surface area contributed by atoms with Gasteiger partial charge in [0.1, 0.15) is 5.60 Å². The number of hydrogen-bond donors (Lipinski definition) is 1. The lowest BCUT2D eigenvalue weighted by Gasteiger charge is -2.21. The average Bonchev–Trinajstić information content (AvgIpc) is 2.32. The van der Waals surface area contributed by atoms with Crippen molar-refractivity contribution in [3.05, 3.63) is 0 Å². The number of rotatable bonds is 10. The second-order valence-electron chi connectivity index (χ2n) is 6.36. The van der Waals surface area contributed by atoms with Gasteiger partial charge in [0.25, 0.3) is 0 Å². The van der Waals surface area contributed by atoms with Crippen molar-refractivity contribution in [3.8, 4) is 0 Å². The van der Waals surface area contributed by atoms with Gasteiger partial charge in [-0.2, -0.15) is 0 Å². The molecule has 0 bridgehead atoms. The Morgan fingerprint density at radius 1 is 1.25 bits per heavy atom. The molecule has 0 saturated carbocycles. The van der Waals surface area contributed by atoms with E-state index in [1.807, 2.05) is 20.8 Å². The van der Waals surface area contributed by atoms with Gasteiger partial charge in [0, 0.05) is 12.6 Å². The molecule has 0 fully saturated rings.